The second-order valence-corrected chi connectivity index (χ2v) is 10.3. The van der Waals surface area contributed by atoms with Crippen LogP contribution in [0.5, 0.6) is 17.2 Å². The number of rotatable bonds is 8. The van der Waals surface area contributed by atoms with E-state index >= 15 is 0 Å². The molecule has 0 spiro atoms. The Kier molecular flexibility index (Phi) is 7.30. The number of phenolic OH excluding ortho intramolecular Hbond substituents is 1. The van der Waals surface area contributed by atoms with Crippen molar-refractivity contribution in [1.82, 2.24) is 0 Å². The van der Waals surface area contributed by atoms with Crippen LogP contribution in [0.25, 0.3) is 0 Å². The fourth-order valence-corrected chi connectivity index (χ4v) is 3.38. The molecule has 2 aromatic carbocycles. The summed E-state index contributed by atoms with van der Waals surface area (Å²) in [6.45, 7) is 14.2. The van der Waals surface area contributed by atoms with Crippen LogP contribution in [-0.2, 0) is 15.6 Å². The Morgan fingerprint density at radius 1 is 0.871 bits per heavy atom. The van der Waals surface area contributed by atoms with E-state index in [-0.39, 0.29) is 10.8 Å². The van der Waals surface area contributed by atoms with Crippen molar-refractivity contribution in [2.75, 3.05) is 6.61 Å². The summed E-state index contributed by atoms with van der Waals surface area (Å²) < 4.78 is 11.8. The smallest absolute Gasteiger partial charge is 0.347 e. The van der Waals surface area contributed by atoms with E-state index in [4.69, 9.17) is 9.47 Å². The zero-order chi connectivity index (χ0) is 23.4. The number of carboxylic acids is 1. The van der Waals surface area contributed by atoms with Gasteiger partial charge in [0.15, 0.2) is 0 Å². The predicted molar refractivity (Wildman–Crippen MR) is 123 cm³/mol. The second kappa shape index (κ2) is 9.21. The van der Waals surface area contributed by atoms with Gasteiger partial charge in [0.05, 0.1) is 6.61 Å². The number of ether oxygens (including phenoxy) is 2. The Morgan fingerprint density at radius 3 is 1.84 bits per heavy atom. The van der Waals surface area contributed by atoms with Crippen LogP contribution < -0.4 is 9.47 Å². The molecule has 2 aromatic rings. The average molecular weight is 429 g/mol. The molecule has 1 unspecified atom stereocenters. The predicted octanol–water partition coefficient (Wildman–Crippen LogP) is 6.07. The molecule has 0 aliphatic heterocycles. The van der Waals surface area contributed by atoms with Crippen LogP contribution in [0.1, 0.15) is 72.4 Å². The number of para-hydroxylation sites is 1. The van der Waals surface area contributed by atoms with Crippen LogP contribution in [0.2, 0.25) is 0 Å². The van der Waals surface area contributed by atoms with Crippen LogP contribution in [0.3, 0.4) is 0 Å². The Balaban J connectivity index is 2.13. The average Bonchev–Trinajstić information content (AvgIpc) is 2.65. The Bertz CT molecular complexity index is 855. The molecule has 0 amide bonds. The van der Waals surface area contributed by atoms with Gasteiger partial charge < -0.3 is 19.7 Å². The number of aromatic hydroxyl groups is 1. The van der Waals surface area contributed by atoms with Crippen LogP contribution in [0.15, 0.2) is 42.5 Å². The molecule has 0 heterocycles. The first-order valence-electron chi connectivity index (χ1n) is 10.7. The second-order valence-electron chi connectivity index (χ2n) is 10.3. The molecule has 0 radical (unpaired) electrons. The van der Waals surface area contributed by atoms with E-state index in [0.717, 1.165) is 11.1 Å². The fraction of sp³-hybridized carbons (Fsp3) is 0.500. The summed E-state index contributed by atoms with van der Waals surface area (Å²) in [5.41, 5.74) is -0.160. The zero-order valence-corrected chi connectivity index (χ0v) is 19.8. The molecule has 0 saturated carbocycles. The summed E-state index contributed by atoms with van der Waals surface area (Å²) >= 11 is 0. The fourth-order valence-electron chi connectivity index (χ4n) is 3.38. The van der Waals surface area contributed by atoms with E-state index < -0.39 is 11.6 Å². The molecule has 1 atom stereocenters. The molecule has 0 fully saturated rings. The van der Waals surface area contributed by atoms with E-state index in [9.17, 15) is 15.0 Å². The van der Waals surface area contributed by atoms with Crippen molar-refractivity contribution in [3.8, 4) is 17.2 Å². The number of phenols is 1. The van der Waals surface area contributed by atoms with Gasteiger partial charge in [-0.1, -0.05) is 59.7 Å². The molecule has 0 bridgehead atoms. The normalized spacial score (nSPS) is 14.0. The van der Waals surface area contributed by atoms with Gasteiger partial charge >= 0.3 is 5.97 Å². The molecule has 5 nitrogen and oxygen atoms in total. The minimum atomic E-state index is -1.34. The molecule has 170 valence electrons. The van der Waals surface area contributed by atoms with Crippen molar-refractivity contribution in [2.24, 2.45) is 0 Å². The number of carboxylic acid groups (broad SMARTS) is 1. The summed E-state index contributed by atoms with van der Waals surface area (Å²) in [4.78, 5) is 11.8. The Morgan fingerprint density at radius 2 is 1.39 bits per heavy atom. The monoisotopic (exact) mass is 428 g/mol. The quantitative estimate of drug-likeness (QED) is 0.499. The van der Waals surface area contributed by atoms with Crippen molar-refractivity contribution < 1.29 is 24.5 Å². The standard InChI is InChI=1S/C26H36O5/c1-24(2,3)20-16-19(17-21(22(20)27)25(4,5)6)30-15-11-14-26(7,23(28)29)31-18-12-9-8-10-13-18/h8-10,12-13,16-17,27H,11,14-15H2,1-7H3,(H,28,29). The lowest BCUT2D eigenvalue weighted by Crippen LogP contribution is -2.41. The van der Waals surface area contributed by atoms with Crippen LogP contribution >= 0.6 is 0 Å². The SMILES string of the molecule is CC(CCCOc1cc(C(C)(C)C)c(O)c(C(C)(C)C)c1)(Oc1ccccc1)C(=O)O. The summed E-state index contributed by atoms with van der Waals surface area (Å²) in [6.07, 6.45) is 0.805. The summed E-state index contributed by atoms with van der Waals surface area (Å²) in [5.74, 6) is 0.498. The van der Waals surface area contributed by atoms with Crippen molar-refractivity contribution in [3.63, 3.8) is 0 Å². The van der Waals surface area contributed by atoms with Crippen LogP contribution in [0, 0.1) is 0 Å². The highest BCUT2D eigenvalue weighted by Gasteiger charge is 2.35. The maximum absolute atomic E-state index is 11.8. The highest BCUT2D eigenvalue weighted by molar-refractivity contribution is 5.77. The third-order valence-electron chi connectivity index (χ3n) is 5.31. The van der Waals surface area contributed by atoms with Gasteiger partial charge in [0.2, 0.25) is 5.60 Å². The zero-order valence-electron chi connectivity index (χ0n) is 19.8. The first-order chi connectivity index (χ1) is 14.2. The number of carbonyl (C=O) groups is 1. The molecule has 2 N–H and O–H groups in total. The molecule has 0 aromatic heterocycles. The lowest BCUT2D eigenvalue weighted by atomic mass is 9.79. The molecule has 2 rings (SSSR count). The van der Waals surface area contributed by atoms with Crippen molar-refractivity contribution in [3.05, 3.63) is 53.6 Å². The van der Waals surface area contributed by atoms with Crippen molar-refractivity contribution in [2.45, 2.75) is 77.7 Å². The Labute approximate surface area is 186 Å². The number of hydrogen-bond acceptors (Lipinski definition) is 4. The van der Waals surface area contributed by atoms with Gasteiger partial charge in [-0.05, 0) is 48.4 Å². The third kappa shape index (κ3) is 6.39. The van der Waals surface area contributed by atoms with Gasteiger partial charge in [0.25, 0.3) is 0 Å². The number of hydrogen-bond donors (Lipinski definition) is 2. The topological polar surface area (TPSA) is 76.0 Å². The summed E-state index contributed by atoms with van der Waals surface area (Å²) in [5, 5.41) is 20.5. The number of aliphatic carboxylic acids is 1. The van der Waals surface area contributed by atoms with Crippen LogP contribution in [0.4, 0.5) is 0 Å². The highest BCUT2D eigenvalue weighted by atomic mass is 16.5. The van der Waals surface area contributed by atoms with E-state index in [0.29, 0.717) is 36.7 Å². The van der Waals surface area contributed by atoms with E-state index in [1.165, 1.54) is 0 Å². The molecule has 5 heteroatoms. The first-order valence-corrected chi connectivity index (χ1v) is 10.7. The highest BCUT2D eigenvalue weighted by Crippen LogP contribution is 2.41. The van der Waals surface area contributed by atoms with Gasteiger partial charge in [0, 0.05) is 17.5 Å². The number of benzene rings is 2. The lowest BCUT2D eigenvalue weighted by Gasteiger charge is -2.28. The van der Waals surface area contributed by atoms with Gasteiger partial charge in [-0.2, -0.15) is 0 Å². The van der Waals surface area contributed by atoms with E-state index in [1.54, 1.807) is 19.1 Å². The lowest BCUT2D eigenvalue weighted by molar-refractivity contribution is -0.154. The molecular weight excluding hydrogens is 392 g/mol. The van der Waals surface area contributed by atoms with Crippen molar-refractivity contribution >= 4 is 5.97 Å². The van der Waals surface area contributed by atoms with E-state index in [1.807, 2.05) is 30.3 Å². The molecule has 0 saturated heterocycles. The third-order valence-corrected chi connectivity index (χ3v) is 5.31. The van der Waals surface area contributed by atoms with Gasteiger partial charge in [-0.3, -0.25) is 0 Å². The van der Waals surface area contributed by atoms with Gasteiger partial charge in [-0.15, -0.1) is 0 Å². The van der Waals surface area contributed by atoms with Crippen LogP contribution in [-0.4, -0.2) is 28.4 Å². The van der Waals surface area contributed by atoms with Gasteiger partial charge in [0.1, 0.15) is 17.2 Å². The largest absolute Gasteiger partial charge is 0.507 e. The van der Waals surface area contributed by atoms with Gasteiger partial charge in [-0.25, -0.2) is 4.79 Å². The minimum Gasteiger partial charge on any atom is -0.507 e. The maximum Gasteiger partial charge on any atom is 0.347 e. The molecule has 31 heavy (non-hydrogen) atoms. The molecule has 0 aliphatic carbocycles. The molecule has 0 aliphatic rings. The molecular formula is C26H36O5. The summed E-state index contributed by atoms with van der Waals surface area (Å²) in [7, 11) is 0. The Hall–Kier alpha value is -2.69. The summed E-state index contributed by atoms with van der Waals surface area (Å²) in [6, 6.07) is 12.7. The van der Waals surface area contributed by atoms with Crippen molar-refractivity contribution in [1.29, 1.82) is 0 Å². The van der Waals surface area contributed by atoms with E-state index in [2.05, 4.69) is 41.5 Å². The minimum absolute atomic E-state index is 0.241. The maximum atomic E-state index is 11.8. The first kappa shape index (κ1) is 24.6.